The number of rotatable bonds is 5. The summed E-state index contributed by atoms with van der Waals surface area (Å²) in [6.45, 7) is 0.0707. The first-order valence-corrected chi connectivity index (χ1v) is 7.50. The fraction of sp³-hybridized carbons (Fsp3) is 0.357. The van der Waals surface area contributed by atoms with Crippen molar-refractivity contribution in [1.82, 2.24) is 4.31 Å². The lowest BCUT2D eigenvalue weighted by Crippen LogP contribution is -2.28. The smallest absolute Gasteiger partial charge is 0.244 e. The molecule has 106 valence electrons. The minimum atomic E-state index is -3.66. The Bertz CT molecular complexity index is 651. The quantitative estimate of drug-likeness (QED) is 0.819. The summed E-state index contributed by atoms with van der Waals surface area (Å²) in [5.41, 5.74) is 0.393. The van der Waals surface area contributed by atoms with Crippen molar-refractivity contribution in [2.75, 3.05) is 20.2 Å². The van der Waals surface area contributed by atoms with Gasteiger partial charge in [0.05, 0.1) is 17.6 Å². The Balaban J connectivity index is 3.13. The molecule has 0 aliphatic heterocycles. The van der Waals surface area contributed by atoms with Crippen LogP contribution in [0.3, 0.4) is 0 Å². The number of nitrogens with zero attached hydrogens (tertiary/aromatic N) is 2. The number of sulfonamides is 1. The topological polar surface area (TPSA) is 81.4 Å². The molecule has 0 bridgehead atoms. The summed E-state index contributed by atoms with van der Waals surface area (Å²) < 4.78 is 25.9. The van der Waals surface area contributed by atoms with Gasteiger partial charge in [-0.25, -0.2) is 8.42 Å². The summed E-state index contributed by atoms with van der Waals surface area (Å²) in [5, 5.41) is 17.2. The van der Waals surface area contributed by atoms with E-state index in [2.05, 4.69) is 11.8 Å². The van der Waals surface area contributed by atoms with Crippen LogP contribution in [0.25, 0.3) is 0 Å². The molecule has 20 heavy (non-hydrogen) atoms. The monoisotopic (exact) mass is 292 g/mol. The SMILES string of the molecule is CN(CCC#N)S(=O)(=O)c1ccccc1C#CCCO. The van der Waals surface area contributed by atoms with Gasteiger partial charge in [0, 0.05) is 32.0 Å². The van der Waals surface area contributed by atoms with Crippen molar-refractivity contribution in [2.45, 2.75) is 17.7 Å². The van der Waals surface area contributed by atoms with Gasteiger partial charge in [-0.15, -0.1) is 0 Å². The minimum absolute atomic E-state index is 0.0655. The molecule has 0 radical (unpaired) electrons. The highest BCUT2D eigenvalue weighted by molar-refractivity contribution is 7.89. The number of nitriles is 1. The van der Waals surface area contributed by atoms with Crippen LogP contribution in [-0.4, -0.2) is 38.0 Å². The van der Waals surface area contributed by atoms with E-state index >= 15 is 0 Å². The van der Waals surface area contributed by atoms with Crippen molar-refractivity contribution >= 4 is 10.0 Å². The van der Waals surface area contributed by atoms with Gasteiger partial charge in [0.25, 0.3) is 0 Å². The van der Waals surface area contributed by atoms with Crippen LogP contribution in [0.2, 0.25) is 0 Å². The van der Waals surface area contributed by atoms with Crippen LogP contribution in [0.4, 0.5) is 0 Å². The van der Waals surface area contributed by atoms with Crippen LogP contribution in [0, 0.1) is 23.2 Å². The van der Waals surface area contributed by atoms with E-state index in [-0.39, 0.29) is 24.5 Å². The third-order valence-electron chi connectivity index (χ3n) is 2.57. The molecule has 0 atom stereocenters. The molecule has 0 saturated carbocycles. The van der Waals surface area contributed by atoms with E-state index in [0.717, 1.165) is 4.31 Å². The lowest BCUT2D eigenvalue weighted by Gasteiger charge is -2.16. The number of benzene rings is 1. The maximum atomic E-state index is 12.4. The fourth-order valence-electron chi connectivity index (χ4n) is 1.50. The Morgan fingerprint density at radius 3 is 2.65 bits per heavy atom. The highest BCUT2D eigenvalue weighted by Gasteiger charge is 2.22. The van der Waals surface area contributed by atoms with Gasteiger partial charge in [0.1, 0.15) is 0 Å². The second kappa shape index (κ2) is 7.66. The number of hydrogen-bond acceptors (Lipinski definition) is 4. The van der Waals surface area contributed by atoms with Gasteiger partial charge < -0.3 is 5.11 Å². The maximum Gasteiger partial charge on any atom is 0.244 e. The largest absolute Gasteiger partial charge is 0.395 e. The van der Waals surface area contributed by atoms with Crippen LogP contribution >= 0.6 is 0 Å². The molecule has 0 unspecified atom stereocenters. The second-order valence-corrected chi connectivity index (χ2v) is 6.02. The molecule has 0 aromatic heterocycles. The molecular weight excluding hydrogens is 276 g/mol. The second-order valence-electron chi connectivity index (χ2n) is 4.01. The molecule has 1 rings (SSSR count). The van der Waals surface area contributed by atoms with Crippen molar-refractivity contribution in [3.8, 4) is 17.9 Å². The Labute approximate surface area is 119 Å². The molecular formula is C14H16N2O3S. The van der Waals surface area contributed by atoms with Crippen molar-refractivity contribution in [3.05, 3.63) is 29.8 Å². The first-order valence-electron chi connectivity index (χ1n) is 6.06. The summed E-state index contributed by atoms with van der Waals surface area (Å²) in [6, 6.07) is 8.36. The van der Waals surface area contributed by atoms with Gasteiger partial charge in [-0.05, 0) is 12.1 Å². The summed E-state index contributed by atoms with van der Waals surface area (Å²) in [6.07, 6.45) is 0.423. The van der Waals surface area contributed by atoms with E-state index in [1.165, 1.54) is 13.1 Å². The normalized spacial score (nSPS) is 10.7. The van der Waals surface area contributed by atoms with Gasteiger partial charge >= 0.3 is 0 Å². The van der Waals surface area contributed by atoms with Gasteiger partial charge in [-0.3, -0.25) is 0 Å². The third kappa shape index (κ3) is 4.07. The molecule has 0 fully saturated rings. The first kappa shape index (κ1) is 16.2. The lowest BCUT2D eigenvalue weighted by atomic mass is 10.2. The summed E-state index contributed by atoms with van der Waals surface area (Å²) in [7, 11) is -2.23. The molecule has 0 heterocycles. The lowest BCUT2D eigenvalue weighted by molar-refractivity contribution is 0.305. The first-order chi connectivity index (χ1) is 9.54. The molecule has 1 N–H and O–H groups in total. The van der Waals surface area contributed by atoms with E-state index in [4.69, 9.17) is 10.4 Å². The summed E-state index contributed by atoms with van der Waals surface area (Å²) in [4.78, 5) is 0.117. The molecule has 5 nitrogen and oxygen atoms in total. The van der Waals surface area contributed by atoms with E-state index in [9.17, 15) is 8.42 Å². The van der Waals surface area contributed by atoms with E-state index in [0.29, 0.717) is 12.0 Å². The summed E-state index contributed by atoms with van der Waals surface area (Å²) >= 11 is 0. The predicted octanol–water partition coefficient (Wildman–Crippen LogP) is 0.955. The molecule has 0 aliphatic rings. The van der Waals surface area contributed by atoms with E-state index < -0.39 is 10.0 Å². The van der Waals surface area contributed by atoms with Gasteiger partial charge in [-0.1, -0.05) is 24.0 Å². The zero-order valence-corrected chi connectivity index (χ0v) is 12.0. The third-order valence-corrected chi connectivity index (χ3v) is 4.49. The van der Waals surface area contributed by atoms with Crippen molar-refractivity contribution in [2.24, 2.45) is 0 Å². The average molecular weight is 292 g/mol. The van der Waals surface area contributed by atoms with Gasteiger partial charge in [0.15, 0.2) is 0 Å². The number of aliphatic hydroxyl groups excluding tert-OH is 1. The highest BCUT2D eigenvalue weighted by atomic mass is 32.2. The fourth-order valence-corrected chi connectivity index (χ4v) is 2.82. The molecule has 1 aromatic rings. The standard InChI is InChI=1S/C14H16N2O3S/c1-16(11-6-10-15)20(18,19)14-9-3-2-7-13(14)8-4-5-12-17/h2-3,7,9,17H,5-6,11-12H2,1H3. The molecule has 1 aromatic carbocycles. The Morgan fingerprint density at radius 2 is 2.00 bits per heavy atom. The highest BCUT2D eigenvalue weighted by Crippen LogP contribution is 2.18. The molecule has 6 heteroatoms. The minimum Gasteiger partial charge on any atom is -0.395 e. The van der Waals surface area contributed by atoms with Crippen LogP contribution < -0.4 is 0 Å². The molecule has 0 spiro atoms. The van der Waals surface area contributed by atoms with E-state index in [1.807, 2.05) is 6.07 Å². The molecule has 0 amide bonds. The van der Waals surface area contributed by atoms with Crippen LogP contribution in [-0.2, 0) is 10.0 Å². The van der Waals surface area contributed by atoms with Crippen molar-refractivity contribution < 1.29 is 13.5 Å². The zero-order valence-electron chi connectivity index (χ0n) is 11.2. The molecule has 0 saturated heterocycles. The predicted molar refractivity (Wildman–Crippen MR) is 75.1 cm³/mol. The number of aliphatic hydroxyl groups is 1. The van der Waals surface area contributed by atoms with E-state index in [1.54, 1.807) is 18.2 Å². The van der Waals surface area contributed by atoms with Crippen LogP contribution in [0.1, 0.15) is 18.4 Å². The van der Waals surface area contributed by atoms with Gasteiger partial charge in [-0.2, -0.15) is 9.57 Å². The van der Waals surface area contributed by atoms with Crippen LogP contribution in [0.5, 0.6) is 0 Å². The average Bonchev–Trinajstić information content (AvgIpc) is 2.45. The maximum absolute atomic E-state index is 12.4. The number of hydrogen-bond donors (Lipinski definition) is 1. The Morgan fingerprint density at radius 1 is 1.30 bits per heavy atom. The Hall–Kier alpha value is -1.86. The van der Waals surface area contributed by atoms with Gasteiger partial charge in [0.2, 0.25) is 10.0 Å². The van der Waals surface area contributed by atoms with Crippen molar-refractivity contribution in [3.63, 3.8) is 0 Å². The summed E-state index contributed by atoms with van der Waals surface area (Å²) in [5.74, 6) is 5.46. The zero-order chi connectivity index (χ0) is 15.0. The van der Waals surface area contributed by atoms with Crippen LogP contribution in [0.15, 0.2) is 29.2 Å². The van der Waals surface area contributed by atoms with Crippen molar-refractivity contribution in [1.29, 1.82) is 5.26 Å². The molecule has 0 aliphatic carbocycles. The Kier molecular flexibility index (Phi) is 6.20.